The zero-order chi connectivity index (χ0) is 42.2. The summed E-state index contributed by atoms with van der Waals surface area (Å²) in [7, 11) is 8.37. The first kappa shape index (κ1) is 44.6. The average Bonchev–Trinajstić information content (AvgIpc) is 3.62. The summed E-state index contributed by atoms with van der Waals surface area (Å²) < 4.78 is 38.4. The molecule has 1 aromatic rings. The molecule has 6 fully saturated rings. The Kier molecular flexibility index (Phi) is 13.7. The van der Waals surface area contributed by atoms with Crippen LogP contribution in [0.1, 0.15) is 107 Å². The van der Waals surface area contributed by atoms with Crippen molar-refractivity contribution < 1.29 is 53.3 Å². The fourth-order valence-corrected chi connectivity index (χ4v) is 14.2. The van der Waals surface area contributed by atoms with Gasteiger partial charge in [0.1, 0.15) is 23.9 Å². The number of piperidine rings is 1. The lowest BCUT2D eigenvalue weighted by Crippen LogP contribution is -2.81. The molecule has 59 heavy (non-hydrogen) atoms. The van der Waals surface area contributed by atoms with Gasteiger partial charge < -0.3 is 48.6 Å². The van der Waals surface area contributed by atoms with Gasteiger partial charge in [-0.15, -0.1) is 0 Å². The molecular weight excluding hydrogens is 755 g/mol. The summed E-state index contributed by atoms with van der Waals surface area (Å²) in [6, 6.07) is 8.27. The number of aliphatic hydroxyl groups excluding tert-OH is 2. The van der Waals surface area contributed by atoms with E-state index in [0.29, 0.717) is 24.9 Å². The third-order valence-corrected chi connectivity index (χ3v) is 16.0. The van der Waals surface area contributed by atoms with E-state index in [2.05, 4.69) is 24.0 Å². The molecule has 6 aliphatic rings. The van der Waals surface area contributed by atoms with Crippen molar-refractivity contribution in [1.82, 2.24) is 4.90 Å². The van der Waals surface area contributed by atoms with Crippen molar-refractivity contribution in [2.75, 3.05) is 48.6 Å². The Morgan fingerprint density at radius 1 is 0.864 bits per heavy atom. The summed E-state index contributed by atoms with van der Waals surface area (Å²) in [6.07, 6.45) is 11.2. The third-order valence-electron chi connectivity index (χ3n) is 16.0. The second kappa shape index (κ2) is 18.1. The van der Waals surface area contributed by atoms with E-state index in [1.165, 1.54) is 32.8 Å². The predicted octanol–water partition coefficient (Wildman–Crippen LogP) is 5.50. The SMILES string of the molecule is CCCCCC/C=C\CCCCCCCC(=O)O[C@]12[C@H]3[C@@H](OC(=O)c4ccccc4)[C@](O)(C[C@H]3[C@@]34C5[C@@H]1[C@H](OC)[C@@H]3[C@](COC)(CN5C)[C@H](O)C[C@@H]4OC)[C@@H](OC)[C@@H]2O. The third kappa shape index (κ3) is 6.94. The number of methoxy groups -OCH3 is 4. The second-order valence-corrected chi connectivity index (χ2v) is 18.8. The molecular formula is C47H71NO11. The molecule has 0 aromatic heterocycles. The molecule has 0 amide bonds. The normalized spacial score (nSPS) is 41.7. The van der Waals surface area contributed by atoms with Crippen LogP contribution in [0.5, 0.6) is 0 Å². The summed E-state index contributed by atoms with van der Waals surface area (Å²) in [5, 5.41) is 38.1. The van der Waals surface area contributed by atoms with E-state index in [1.54, 1.807) is 45.6 Å². The summed E-state index contributed by atoms with van der Waals surface area (Å²) in [6.45, 7) is 2.94. The van der Waals surface area contributed by atoms with Crippen molar-refractivity contribution in [2.45, 2.75) is 151 Å². The number of nitrogens with zero attached hydrogens (tertiary/aromatic N) is 1. The summed E-state index contributed by atoms with van der Waals surface area (Å²) in [4.78, 5) is 30.7. The van der Waals surface area contributed by atoms with Gasteiger partial charge in [-0.1, -0.05) is 75.8 Å². The molecule has 1 spiro atoms. The molecule has 12 heteroatoms. The number of rotatable bonds is 21. The zero-order valence-electron chi connectivity index (χ0n) is 36.3. The van der Waals surface area contributed by atoms with Crippen LogP contribution in [0.3, 0.4) is 0 Å². The van der Waals surface area contributed by atoms with Crippen molar-refractivity contribution in [3.05, 3.63) is 48.0 Å². The standard InChI is InChI=1S/C47H71NO11/c1-7-8-9-10-11-12-13-14-15-16-17-18-22-25-34(50)59-47-35-31(27-45(53,42(57-6)40(47)51)41(35)58-43(52)30-23-20-19-21-24-30)46-33(55-4)26-32(49)44(29-54-3)28-48(2)39(46)36(47)37(56-5)38(44)46/h12-13,19-21,23-24,31-33,35-42,49,51,53H,7-11,14-18,22,25-29H2,1-6H3/b13-12-/t31-,32-,33+,35-,36+,37+,38-,39?,40+,41-,42+,44+,45-,46+,47-/m1/s1. The molecule has 7 rings (SSSR count). The predicted molar refractivity (Wildman–Crippen MR) is 220 cm³/mol. The molecule has 1 saturated heterocycles. The molecule has 330 valence electrons. The number of fused-ring (bicyclic) bond motifs is 2. The van der Waals surface area contributed by atoms with Gasteiger partial charge in [-0.05, 0) is 63.6 Å². The molecule has 0 radical (unpaired) electrons. The Labute approximate surface area is 351 Å². The lowest BCUT2D eigenvalue weighted by atomic mass is 9.42. The van der Waals surface area contributed by atoms with E-state index in [0.717, 1.165) is 38.5 Å². The molecule has 12 nitrogen and oxygen atoms in total. The van der Waals surface area contributed by atoms with E-state index in [-0.39, 0.29) is 31.4 Å². The fraction of sp³-hybridized carbons (Fsp3) is 0.787. The molecule has 15 atom stereocenters. The quantitative estimate of drug-likeness (QED) is 0.0816. The van der Waals surface area contributed by atoms with Crippen LogP contribution in [0, 0.1) is 34.5 Å². The van der Waals surface area contributed by atoms with Gasteiger partial charge in [0.2, 0.25) is 0 Å². The lowest BCUT2D eigenvalue weighted by molar-refractivity contribution is -0.321. The first-order valence-corrected chi connectivity index (χ1v) is 22.5. The second-order valence-electron chi connectivity index (χ2n) is 18.8. The van der Waals surface area contributed by atoms with Gasteiger partial charge in [0.25, 0.3) is 0 Å². The van der Waals surface area contributed by atoms with Crippen molar-refractivity contribution >= 4 is 11.9 Å². The van der Waals surface area contributed by atoms with Gasteiger partial charge >= 0.3 is 11.9 Å². The van der Waals surface area contributed by atoms with Crippen LogP contribution in [-0.2, 0) is 33.2 Å². The van der Waals surface area contributed by atoms with Crippen LogP contribution in [0.2, 0.25) is 0 Å². The maximum Gasteiger partial charge on any atom is 0.338 e. The maximum absolute atomic E-state index is 14.5. The smallest absolute Gasteiger partial charge is 0.338 e. The number of carbonyl (C=O) groups excluding carboxylic acids is 2. The van der Waals surface area contributed by atoms with Crippen molar-refractivity contribution in [3.8, 4) is 0 Å². The molecule has 5 aliphatic carbocycles. The molecule has 1 aromatic carbocycles. The summed E-state index contributed by atoms with van der Waals surface area (Å²) in [5.74, 6) is -3.52. The van der Waals surface area contributed by atoms with Gasteiger partial charge in [-0.3, -0.25) is 4.79 Å². The minimum absolute atomic E-state index is 0.0797. The highest BCUT2D eigenvalue weighted by Crippen LogP contribution is 2.80. The van der Waals surface area contributed by atoms with Gasteiger partial charge in [-0.25, -0.2) is 4.79 Å². The molecule has 3 N–H and O–H groups in total. The zero-order valence-corrected chi connectivity index (χ0v) is 36.3. The number of benzene rings is 1. The van der Waals surface area contributed by atoms with Crippen LogP contribution in [0.15, 0.2) is 42.5 Å². The number of carbonyl (C=O) groups is 2. The lowest BCUT2D eigenvalue weighted by Gasteiger charge is -2.70. The Morgan fingerprint density at radius 2 is 1.54 bits per heavy atom. The number of unbranched alkanes of at least 4 members (excludes halogenated alkanes) is 9. The Hall–Kier alpha value is -2.42. The molecule has 1 unspecified atom stereocenters. The van der Waals surface area contributed by atoms with Crippen LogP contribution in [0.4, 0.5) is 0 Å². The van der Waals surface area contributed by atoms with E-state index >= 15 is 0 Å². The highest BCUT2D eigenvalue weighted by Gasteiger charge is 2.92. The van der Waals surface area contributed by atoms with E-state index in [4.69, 9.17) is 28.4 Å². The number of likely N-dealkylation sites (tertiary alicyclic amines) is 1. The minimum Gasteiger partial charge on any atom is -0.455 e. The number of allylic oxidation sites excluding steroid dienone is 2. The van der Waals surface area contributed by atoms with Crippen molar-refractivity contribution in [2.24, 2.45) is 34.5 Å². The topological polar surface area (TPSA) is 153 Å². The Bertz CT molecular complexity index is 1630. The largest absolute Gasteiger partial charge is 0.455 e. The number of aliphatic hydroxyl groups is 3. The van der Waals surface area contributed by atoms with Crippen LogP contribution < -0.4 is 0 Å². The van der Waals surface area contributed by atoms with E-state index in [9.17, 15) is 24.9 Å². The fourth-order valence-electron chi connectivity index (χ4n) is 14.2. The maximum atomic E-state index is 14.5. The van der Waals surface area contributed by atoms with Gasteiger partial charge in [0.05, 0.1) is 30.5 Å². The van der Waals surface area contributed by atoms with E-state index in [1.807, 2.05) is 13.1 Å². The van der Waals surface area contributed by atoms with Gasteiger partial charge in [0, 0.05) is 82.5 Å². The van der Waals surface area contributed by atoms with Gasteiger partial charge in [-0.2, -0.15) is 0 Å². The first-order valence-electron chi connectivity index (χ1n) is 22.5. The number of esters is 2. The number of ether oxygens (including phenoxy) is 6. The highest BCUT2D eigenvalue weighted by atomic mass is 16.6. The van der Waals surface area contributed by atoms with Crippen molar-refractivity contribution in [3.63, 3.8) is 0 Å². The molecule has 1 heterocycles. The monoisotopic (exact) mass is 826 g/mol. The molecule has 1 aliphatic heterocycles. The summed E-state index contributed by atoms with van der Waals surface area (Å²) >= 11 is 0. The Morgan fingerprint density at radius 3 is 2.19 bits per heavy atom. The van der Waals surface area contributed by atoms with Crippen LogP contribution in [0.25, 0.3) is 0 Å². The average molecular weight is 826 g/mol. The highest BCUT2D eigenvalue weighted by molar-refractivity contribution is 5.89. The van der Waals surface area contributed by atoms with E-state index < -0.39 is 88.3 Å². The Balaban J connectivity index is 1.23. The number of hydrogen-bond acceptors (Lipinski definition) is 12. The van der Waals surface area contributed by atoms with Crippen LogP contribution >= 0.6 is 0 Å². The van der Waals surface area contributed by atoms with Crippen molar-refractivity contribution in [1.29, 1.82) is 0 Å². The first-order chi connectivity index (χ1) is 28.5. The molecule has 5 saturated carbocycles. The van der Waals surface area contributed by atoms with Crippen LogP contribution in [-0.4, -0.2) is 135 Å². The molecule has 7 bridgehead atoms. The summed E-state index contributed by atoms with van der Waals surface area (Å²) in [5.41, 5.74) is -4.85. The minimum atomic E-state index is -1.85. The number of hydrogen-bond donors (Lipinski definition) is 3. The van der Waals surface area contributed by atoms with Gasteiger partial charge in [0.15, 0.2) is 5.60 Å².